The van der Waals surface area contributed by atoms with Crippen LogP contribution in [0.3, 0.4) is 0 Å². The van der Waals surface area contributed by atoms with Crippen LogP contribution >= 0.6 is 0 Å². The normalized spacial score (nSPS) is 29.5. The van der Waals surface area contributed by atoms with Crippen molar-refractivity contribution in [1.82, 2.24) is 9.80 Å². The summed E-state index contributed by atoms with van der Waals surface area (Å²) in [4.78, 5) is 15.4. The highest BCUT2D eigenvalue weighted by Gasteiger charge is 2.27. The number of carbonyl (C=O) groups is 1. The van der Waals surface area contributed by atoms with Crippen LogP contribution in [-0.4, -0.2) is 54.9 Å². The van der Waals surface area contributed by atoms with Gasteiger partial charge < -0.3 is 9.69 Å². The zero-order valence-corrected chi connectivity index (χ0v) is 9.53. The summed E-state index contributed by atoms with van der Waals surface area (Å²) < 4.78 is 0. The molecule has 3 heteroatoms. The number of nitrogens with zero attached hydrogens (tertiary/aromatic N) is 2. The van der Waals surface area contributed by atoms with Crippen LogP contribution in [0.4, 0.5) is 0 Å². The highest BCUT2D eigenvalue weighted by atomic mass is 16.1. The maximum Gasteiger partial charge on any atom is 0.121 e. The van der Waals surface area contributed by atoms with Crippen molar-refractivity contribution in [2.75, 3.05) is 32.7 Å². The Morgan fingerprint density at radius 1 is 1.13 bits per heavy atom. The summed E-state index contributed by atoms with van der Waals surface area (Å²) in [5, 5.41) is 0. The average Bonchev–Trinajstić information content (AvgIpc) is 2.76. The molecule has 0 aromatic carbocycles. The van der Waals surface area contributed by atoms with E-state index in [1.165, 1.54) is 51.9 Å². The third kappa shape index (κ3) is 3.02. The molecule has 86 valence electrons. The summed E-state index contributed by atoms with van der Waals surface area (Å²) in [6.45, 7) is 5.94. The molecule has 2 saturated heterocycles. The van der Waals surface area contributed by atoms with Crippen molar-refractivity contribution in [3.8, 4) is 0 Å². The van der Waals surface area contributed by atoms with Gasteiger partial charge in [0.2, 0.25) is 0 Å². The van der Waals surface area contributed by atoms with Gasteiger partial charge in [0.05, 0.1) is 0 Å². The summed E-state index contributed by atoms with van der Waals surface area (Å²) in [7, 11) is 0. The van der Waals surface area contributed by atoms with Crippen LogP contribution in [0.25, 0.3) is 0 Å². The van der Waals surface area contributed by atoms with E-state index in [2.05, 4.69) is 9.80 Å². The van der Waals surface area contributed by atoms with Crippen molar-refractivity contribution in [3.63, 3.8) is 0 Å². The number of hydrogen-bond donors (Lipinski definition) is 0. The van der Waals surface area contributed by atoms with E-state index in [1.54, 1.807) is 0 Å². The molecule has 0 bridgehead atoms. The lowest BCUT2D eigenvalue weighted by atomic mass is 10.1. The monoisotopic (exact) mass is 210 g/mol. The molecule has 1 unspecified atom stereocenters. The molecular formula is C12H22N2O. The van der Waals surface area contributed by atoms with Gasteiger partial charge in [0.1, 0.15) is 6.29 Å². The van der Waals surface area contributed by atoms with Gasteiger partial charge in [-0.05, 0) is 38.9 Å². The lowest BCUT2D eigenvalue weighted by molar-refractivity contribution is -0.108. The first-order chi connectivity index (χ1) is 7.40. The number of likely N-dealkylation sites (tertiary alicyclic amines) is 2. The minimum absolute atomic E-state index is 0.701. The zero-order valence-electron chi connectivity index (χ0n) is 9.53. The Morgan fingerprint density at radius 3 is 2.67 bits per heavy atom. The minimum Gasteiger partial charge on any atom is -0.303 e. The fourth-order valence-corrected chi connectivity index (χ4v) is 2.83. The van der Waals surface area contributed by atoms with Gasteiger partial charge in [0.15, 0.2) is 0 Å². The highest BCUT2D eigenvalue weighted by Crippen LogP contribution is 2.19. The molecular weight excluding hydrogens is 188 g/mol. The molecule has 2 rings (SSSR count). The summed E-state index contributed by atoms with van der Waals surface area (Å²) in [5.41, 5.74) is 0. The van der Waals surface area contributed by atoms with Gasteiger partial charge in [-0.25, -0.2) is 0 Å². The molecule has 0 N–H and O–H groups in total. The Labute approximate surface area is 92.4 Å². The summed E-state index contributed by atoms with van der Waals surface area (Å²) in [6, 6.07) is 0.775. The summed E-state index contributed by atoms with van der Waals surface area (Å²) in [5.74, 6) is 0. The minimum atomic E-state index is 0.701. The van der Waals surface area contributed by atoms with Gasteiger partial charge >= 0.3 is 0 Å². The second kappa shape index (κ2) is 5.61. The van der Waals surface area contributed by atoms with Crippen LogP contribution in [0.1, 0.15) is 32.1 Å². The summed E-state index contributed by atoms with van der Waals surface area (Å²) >= 11 is 0. The Morgan fingerprint density at radius 2 is 1.93 bits per heavy atom. The number of hydrogen-bond acceptors (Lipinski definition) is 3. The first-order valence-electron chi connectivity index (χ1n) is 6.30. The van der Waals surface area contributed by atoms with Gasteiger partial charge in [-0.3, -0.25) is 4.90 Å². The van der Waals surface area contributed by atoms with Gasteiger partial charge in [-0.1, -0.05) is 6.42 Å². The van der Waals surface area contributed by atoms with Crippen LogP contribution < -0.4 is 0 Å². The van der Waals surface area contributed by atoms with Crippen molar-refractivity contribution < 1.29 is 4.79 Å². The first kappa shape index (κ1) is 11.1. The molecule has 2 fully saturated rings. The Kier molecular flexibility index (Phi) is 4.15. The fraction of sp³-hybridized carbons (Fsp3) is 0.917. The fourth-order valence-electron chi connectivity index (χ4n) is 2.83. The van der Waals surface area contributed by atoms with Crippen LogP contribution in [0.5, 0.6) is 0 Å². The predicted octanol–water partition coefficient (Wildman–Crippen LogP) is 1.14. The third-order valence-corrected chi connectivity index (χ3v) is 3.72. The Bertz CT molecular complexity index is 202. The van der Waals surface area contributed by atoms with E-state index in [4.69, 9.17) is 0 Å². The van der Waals surface area contributed by atoms with Crippen LogP contribution in [-0.2, 0) is 4.79 Å². The predicted molar refractivity (Wildman–Crippen MR) is 61.0 cm³/mol. The molecule has 0 spiro atoms. The lowest BCUT2D eigenvalue weighted by Gasteiger charge is -2.32. The second-order valence-electron chi connectivity index (χ2n) is 4.80. The maximum absolute atomic E-state index is 10.3. The Hall–Kier alpha value is -0.410. The van der Waals surface area contributed by atoms with E-state index in [9.17, 15) is 4.79 Å². The van der Waals surface area contributed by atoms with E-state index >= 15 is 0 Å². The molecule has 2 aliphatic rings. The van der Waals surface area contributed by atoms with E-state index < -0.39 is 0 Å². The SMILES string of the molecule is O=CCCN1CCC(N2CCCCC2)C1. The summed E-state index contributed by atoms with van der Waals surface area (Å²) in [6.07, 6.45) is 7.22. The Balaban J connectivity index is 1.73. The molecule has 3 nitrogen and oxygen atoms in total. The van der Waals surface area contributed by atoms with Gasteiger partial charge in [-0.2, -0.15) is 0 Å². The average molecular weight is 210 g/mol. The largest absolute Gasteiger partial charge is 0.303 e. The van der Waals surface area contributed by atoms with Crippen LogP contribution in [0.2, 0.25) is 0 Å². The standard InChI is InChI=1S/C12H22N2O/c15-10-4-6-13-9-5-12(11-13)14-7-2-1-3-8-14/h10,12H,1-9,11H2. The third-order valence-electron chi connectivity index (χ3n) is 3.72. The number of piperidine rings is 1. The van der Waals surface area contributed by atoms with Crippen molar-refractivity contribution in [1.29, 1.82) is 0 Å². The molecule has 0 radical (unpaired) electrons. The first-order valence-corrected chi connectivity index (χ1v) is 6.30. The number of aldehydes is 1. The van der Waals surface area contributed by atoms with E-state index in [1.807, 2.05) is 0 Å². The van der Waals surface area contributed by atoms with E-state index in [0.717, 1.165) is 18.9 Å². The molecule has 1 atom stereocenters. The van der Waals surface area contributed by atoms with Crippen molar-refractivity contribution >= 4 is 6.29 Å². The smallest absolute Gasteiger partial charge is 0.121 e. The molecule has 0 aromatic heterocycles. The molecule has 0 amide bonds. The van der Waals surface area contributed by atoms with E-state index in [0.29, 0.717) is 6.42 Å². The quantitative estimate of drug-likeness (QED) is 0.650. The number of carbonyl (C=O) groups excluding carboxylic acids is 1. The lowest BCUT2D eigenvalue weighted by Crippen LogP contribution is -2.40. The highest BCUT2D eigenvalue weighted by molar-refractivity contribution is 5.49. The molecule has 15 heavy (non-hydrogen) atoms. The maximum atomic E-state index is 10.3. The molecule has 2 aliphatic heterocycles. The van der Waals surface area contributed by atoms with Crippen LogP contribution in [0, 0.1) is 0 Å². The second-order valence-corrected chi connectivity index (χ2v) is 4.80. The topological polar surface area (TPSA) is 23.6 Å². The van der Waals surface area contributed by atoms with Gasteiger partial charge in [0.25, 0.3) is 0 Å². The molecule has 2 heterocycles. The number of rotatable bonds is 4. The van der Waals surface area contributed by atoms with Gasteiger partial charge in [-0.15, -0.1) is 0 Å². The molecule has 0 aliphatic carbocycles. The van der Waals surface area contributed by atoms with Crippen molar-refractivity contribution in [3.05, 3.63) is 0 Å². The molecule has 0 aromatic rings. The van der Waals surface area contributed by atoms with Crippen molar-refractivity contribution in [2.45, 2.75) is 38.1 Å². The zero-order chi connectivity index (χ0) is 10.5. The van der Waals surface area contributed by atoms with Crippen molar-refractivity contribution in [2.24, 2.45) is 0 Å². The van der Waals surface area contributed by atoms with E-state index in [-0.39, 0.29) is 0 Å². The van der Waals surface area contributed by atoms with Crippen LogP contribution in [0.15, 0.2) is 0 Å². The van der Waals surface area contributed by atoms with Gasteiger partial charge in [0, 0.05) is 25.6 Å². The molecule has 0 saturated carbocycles.